The molecule has 0 saturated carbocycles. The number of hydrogen-bond acceptors (Lipinski definition) is 4. The van der Waals surface area contributed by atoms with E-state index in [1.54, 1.807) is 0 Å². The first kappa shape index (κ1) is 18.8. The molecule has 1 aromatic carbocycles. The number of fused-ring (bicyclic) bond motifs is 1. The van der Waals surface area contributed by atoms with Crippen LogP contribution in [0.5, 0.6) is 0 Å². The number of primary amides is 1. The average molecular weight is 346 g/mol. The van der Waals surface area contributed by atoms with Crippen molar-refractivity contribution >= 4 is 23.5 Å². The van der Waals surface area contributed by atoms with E-state index in [-0.39, 0.29) is 24.4 Å². The van der Waals surface area contributed by atoms with Crippen molar-refractivity contribution in [3.63, 3.8) is 0 Å². The monoisotopic (exact) mass is 346 g/mol. The molecule has 2 atom stereocenters. The van der Waals surface area contributed by atoms with Crippen LogP contribution in [0.25, 0.3) is 0 Å². The topological polar surface area (TPSA) is 105 Å². The van der Waals surface area contributed by atoms with E-state index in [0.29, 0.717) is 6.42 Å². The zero-order valence-corrected chi connectivity index (χ0v) is 15.1. The van der Waals surface area contributed by atoms with Crippen molar-refractivity contribution in [3.8, 4) is 0 Å². The van der Waals surface area contributed by atoms with Gasteiger partial charge in [0, 0.05) is 17.3 Å². The Labute approximate surface area is 147 Å². The predicted molar refractivity (Wildman–Crippen MR) is 96.2 cm³/mol. The van der Waals surface area contributed by atoms with Crippen molar-refractivity contribution in [1.82, 2.24) is 10.6 Å². The Morgan fingerprint density at radius 3 is 2.48 bits per heavy atom. The first-order valence-corrected chi connectivity index (χ1v) is 8.35. The maximum Gasteiger partial charge on any atom is 0.321 e. The lowest BCUT2D eigenvalue weighted by molar-refractivity contribution is -0.119. The van der Waals surface area contributed by atoms with E-state index < -0.39 is 17.5 Å². The second-order valence-corrected chi connectivity index (χ2v) is 7.48. The minimum atomic E-state index is -0.523. The van der Waals surface area contributed by atoms with Crippen LogP contribution in [-0.2, 0) is 9.59 Å². The molecule has 2 rings (SSSR count). The third-order valence-electron chi connectivity index (χ3n) is 4.13. The van der Waals surface area contributed by atoms with E-state index in [9.17, 15) is 14.4 Å². The van der Waals surface area contributed by atoms with Gasteiger partial charge in [-0.15, -0.1) is 0 Å². The molecule has 0 aliphatic carbocycles. The highest BCUT2D eigenvalue weighted by molar-refractivity contribution is 5.97. The minimum Gasteiger partial charge on any atom is -0.369 e. The molecular formula is C18H26N4O3. The number of amides is 4. The van der Waals surface area contributed by atoms with Crippen LogP contribution in [0.3, 0.4) is 0 Å². The molecule has 1 aliphatic heterocycles. The Morgan fingerprint density at radius 1 is 1.24 bits per heavy atom. The van der Waals surface area contributed by atoms with Crippen molar-refractivity contribution in [2.45, 2.75) is 51.6 Å². The molecule has 1 aliphatic rings. The summed E-state index contributed by atoms with van der Waals surface area (Å²) in [5, 5.41) is 5.04. The lowest BCUT2D eigenvalue weighted by atomic mass is 9.85. The lowest BCUT2D eigenvalue weighted by Gasteiger charge is -2.39. The second kappa shape index (κ2) is 7.13. The molecule has 25 heavy (non-hydrogen) atoms. The average Bonchev–Trinajstić information content (AvgIpc) is 2.47. The number of carbonyl (C=O) groups is 3. The summed E-state index contributed by atoms with van der Waals surface area (Å²) in [5.74, 6) is -1.14. The number of imide groups is 1. The standard InChI is InChI=1S/C18H26N4O3/c1-11-9-13(16(19)24)12-7-5-6-8-14(12)22(11)10-15(23)20-17(25)21-18(2,3)4/h5-8,11,13H,9-10H2,1-4H3,(H2,19,24)(H2,20,21,23,25). The SMILES string of the molecule is CC1CC(C(N)=O)c2ccccc2N1CC(=O)NC(=O)NC(C)(C)C. The van der Waals surface area contributed by atoms with Gasteiger partial charge in [0.05, 0.1) is 12.5 Å². The normalized spacial score (nSPS) is 19.8. The van der Waals surface area contributed by atoms with E-state index in [1.165, 1.54) is 0 Å². The van der Waals surface area contributed by atoms with Crippen molar-refractivity contribution in [1.29, 1.82) is 0 Å². The minimum absolute atomic E-state index is 0.0290. The van der Waals surface area contributed by atoms with Crippen LogP contribution in [0.4, 0.5) is 10.5 Å². The summed E-state index contributed by atoms with van der Waals surface area (Å²) in [7, 11) is 0. The molecule has 0 bridgehead atoms. The number of hydrogen-bond donors (Lipinski definition) is 3. The fraction of sp³-hybridized carbons (Fsp3) is 0.500. The first-order chi connectivity index (χ1) is 11.6. The van der Waals surface area contributed by atoms with E-state index in [0.717, 1.165) is 11.3 Å². The number of nitrogens with zero attached hydrogens (tertiary/aromatic N) is 1. The molecule has 2 unspecified atom stereocenters. The van der Waals surface area contributed by atoms with E-state index in [1.807, 2.05) is 56.9 Å². The number of para-hydroxylation sites is 1. The highest BCUT2D eigenvalue weighted by Gasteiger charge is 2.33. The molecule has 1 aromatic rings. The van der Waals surface area contributed by atoms with Gasteiger partial charge in [-0.2, -0.15) is 0 Å². The highest BCUT2D eigenvalue weighted by atomic mass is 16.2. The van der Waals surface area contributed by atoms with Crippen LogP contribution in [-0.4, -0.2) is 36.0 Å². The number of rotatable bonds is 3. The number of nitrogens with two attached hydrogens (primary N) is 1. The summed E-state index contributed by atoms with van der Waals surface area (Å²) in [6.45, 7) is 7.48. The molecule has 4 amide bonds. The lowest BCUT2D eigenvalue weighted by Crippen LogP contribution is -2.52. The third-order valence-corrected chi connectivity index (χ3v) is 4.13. The molecule has 0 fully saturated rings. The molecule has 4 N–H and O–H groups in total. The van der Waals surface area contributed by atoms with Gasteiger partial charge in [-0.25, -0.2) is 4.79 Å². The highest BCUT2D eigenvalue weighted by Crippen LogP contribution is 2.37. The number of nitrogens with one attached hydrogen (secondary N) is 2. The number of carbonyl (C=O) groups excluding carboxylic acids is 3. The zero-order chi connectivity index (χ0) is 18.8. The fourth-order valence-corrected chi connectivity index (χ4v) is 3.08. The van der Waals surface area contributed by atoms with Gasteiger partial charge in [-0.1, -0.05) is 18.2 Å². The number of urea groups is 1. The van der Waals surface area contributed by atoms with Gasteiger partial charge in [0.25, 0.3) is 0 Å². The quantitative estimate of drug-likeness (QED) is 0.771. The van der Waals surface area contributed by atoms with Crippen molar-refractivity contribution in [2.24, 2.45) is 5.73 Å². The second-order valence-electron chi connectivity index (χ2n) is 7.48. The largest absolute Gasteiger partial charge is 0.369 e. The van der Waals surface area contributed by atoms with Crippen LogP contribution in [0.1, 0.15) is 45.6 Å². The number of benzene rings is 1. The van der Waals surface area contributed by atoms with Crippen LogP contribution < -0.4 is 21.3 Å². The molecule has 0 aromatic heterocycles. The summed E-state index contributed by atoms with van der Waals surface area (Å²) in [6, 6.07) is 6.85. The molecule has 0 radical (unpaired) electrons. The molecule has 7 heteroatoms. The van der Waals surface area contributed by atoms with Crippen LogP contribution in [0, 0.1) is 0 Å². The molecule has 0 spiro atoms. The van der Waals surface area contributed by atoms with E-state index in [4.69, 9.17) is 5.73 Å². The van der Waals surface area contributed by atoms with Crippen LogP contribution >= 0.6 is 0 Å². The predicted octanol–water partition coefficient (Wildman–Crippen LogP) is 1.48. The molecule has 7 nitrogen and oxygen atoms in total. The Kier molecular flexibility index (Phi) is 5.35. The van der Waals surface area contributed by atoms with Crippen LogP contribution in [0.2, 0.25) is 0 Å². The maximum absolute atomic E-state index is 12.3. The van der Waals surface area contributed by atoms with Gasteiger partial charge in [-0.05, 0) is 45.7 Å². The zero-order valence-electron chi connectivity index (χ0n) is 15.1. The summed E-state index contributed by atoms with van der Waals surface area (Å²) < 4.78 is 0. The Morgan fingerprint density at radius 2 is 1.88 bits per heavy atom. The fourth-order valence-electron chi connectivity index (χ4n) is 3.08. The van der Waals surface area contributed by atoms with E-state index >= 15 is 0 Å². The summed E-state index contributed by atoms with van der Waals surface area (Å²) in [4.78, 5) is 37.8. The molecule has 0 saturated heterocycles. The van der Waals surface area contributed by atoms with Crippen molar-refractivity contribution < 1.29 is 14.4 Å². The van der Waals surface area contributed by atoms with Gasteiger partial charge < -0.3 is 16.0 Å². The Balaban J connectivity index is 2.13. The Bertz CT molecular complexity index is 681. The van der Waals surface area contributed by atoms with Gasteiger partial charge >= 0.3 is 6.03 Å². The summed E-state index contributed by atoms with van der Waals surface area (Å²) in [5.41, 5.74) is 6.72. The maximum atomic E-state index is 12.3. The molecule has 1 heterocycles. The first-order valence-electron chi connectivity index (χ1n) is 8.35. The van der Waals surface area contributed by atoms with E-state index in [2.05, 4.69) is 10.6 Å². The van der Waals surface area contributed by atoms with Gasteiger partial charge in [0.1, 0.15) is 0 Å². The smallest absolute Gasteiger partial charge is 0.321 e. The summed E-state index contributed by atoms with van der Waals surface area (Å²) in [6.07, 6.45) is 0.536. The molecular weight excluding hydrogens is 320 g/mol. The van der Waals surface area contributed by atoms with Gasteiger partial charge in [0.2, 0.25) is 11.8 Å². The van der Waals surface area contributed by atoms with Gasteiger partial charge in [-0.3, -0.25) is 14.9 Å². The third kappa shape index (κ3) is 4.71. The van der Waals surface area contributed by atoms with Crippen molar-refractivity contribution in [3.05, 3.63) is 29.8 Å². The Hall–Kier alpha value is -2.57. The van der Waals surface area contributed by atoms with Gasteiger partial charge in [0.15, 0.2) is 0 Å². The molecule has 136 valence electrons. The van der Waals surface area contributed by atoms with Crippen LogP contribution in [0.15, 0.2) is 24.3 Å². The number of anilines is 1. The summed E-state index contributed by atoms with van der Waals surface area (Å²) >= 11 is 0. The van der Waals surface area contributed by atoms with Crippen molar-refractivity contribution in [2.75, 3.05) is 11.4 Å².